The van der Waals surface area contributed by atoms with Crippen molar-refractivity contribution < 1.29 is 0 Å². The average Bonchev–Trinajstić information content (AvgIpc) is 2.55. The van der Waals surface area contributed by atoms with Crippen molar-refractivity contribution >= 4 is 0 Å². The molecule has 2 rings (SSSR count). The molecule has 0 saturated heterocycles. The van der Waals surface area contributed by atoms with Crippen LogP contribution < -0.4 is 0 Å². The van der Waals surface area contributed by atoms with E-state index in [1.165, 1.54) is 11.3 Å². The van der Waals surface area contributed by atoms with Crippen LogP contribution in [-0.2, 0) is 0 Å². The number of nitrogens with one attached hydrogen (secondary N) is 2. The lowest BCUT2D eigenvalue weighted by Gasteiger charge is -1.94. The zero-order valence-electron chi connectivity index (χ0n) is 6.39. The van der Waals surface area contributed by atoms with Crippen LogP contribution in [0.4, 0.5) is 0 Å². The maximum Gasteiger partial charge on any atom is 0.0649 e. The molecule has 0 atom stereocenters. The van der Waals surface area contributed by atoms with Gasteiger partial charge in [-0.1, -0.05) is 0 Å². The summed E-state index contributed by atoms with van der Waals surface area (Å²) < 4.78 is 0. The molecule has 2 heterocycles. The van der Waals surface area contributed by atoms with E-state index in [2.05, 4.69) is 29.0 Å². The van der Waals surface area contributed by atoms with Crippen LogP contribution in [0, 0.1) is 6.92 Å². The predicted octanol–water partition coefficient (Wildman–Crippen LogP) is 2.32. The molecule has 0 saturated carbocycles. The first-order chi connectivity index (χ1) is 5.38. The first kappa shape index (κ1) is 6.28. The number of rotatable bonds is 1. The minimum Gasteiger partial charge on any atom is -0.360 e. The highest BCUT2D eigenvalue weighted by Crippen LogP contribution is 2.18. The molecule has 0 radical (unpaired) electrons. The monoisotopic (exact) mass is 146 g/mol. The number of hydrogen-bond donors (Lipinski definition) is 2. The second-order valence-electron chi connectivity index (χ2n) is 2.62. The van der Waals surface area contributed by atoms with Crippen molar-refractivity contribution in [3.63, 3.8) is 0 Å². The predicted molar refractivity (Wildman–Crippen MR) is 45.3 cm³/mol. The fourth-order valence-corrected chi connectivity index (χ4v) is 1.22. The zero-order valence-corrected chi connectivity index (χ0v) is 6.39. The topological polar surface area (TPSA) is 31.6 Å². The Labute approximate surface area is 65.3 Å². The van der Waals surface area contributed by atoms with Crippen molar-refractivity contribution in [3.8, 4) is 11.4 Å². The van der Waals surface area contributed by atoms with Gasteiger partial charge in [0, 0.05) is 12.4 Å². The van der Waals surface area contributed by atoms with Gasteiger partial charge >= 0.3 is 0 Å². The summed E-state index contributed by atoms with van der Waals surface area (Å²) in [5.74, 6) is 0. The minimum atomic E-state index is 1.15. The minimum absolute atomic E-state index is 1.15. The Balaban J connectivity index is 2.53. The van der Waals surface area contributed by atoms with Crippen molar-refractivity contribution in [1.29, 1.82) is 0 Å². The van der Waals surface area contributed by atoms with Gasteiger partial charge in [0.25, 0.3) is 0 Å². The van der Waals surface area contributed by atoms with E-state index in [0.29, 0.717) is 0 Å². The molecule has 2 heteroatoms. The molecule has 0 amide bonds. The smallest absolute Gasteiger partial charge is 0.0649 e. The fourth-order valence-electron chi connectivity index (χ4n) is 1.22. The molecular weight excluding hydrogens is 136 g/mol. The van der Waals surface area contributed by atoms with Gasteiger partial charge in [0.2, 0.25) is 0 Å². The summed E-state index contributed by atoms with van der Waals surface area (Å²) in [5, 5.41) is 0. The van der Waals surface area contributed by atoms with Crippen molar-refractivity contribution in [2.45, 2.75) is 6.92 Å². The third-order valence-electron chi connectivity index (χ3n) is 1.82. The lowest BCUT2D eigenvalue weighted by Crippen LogP contribution is -1.78. The molecule has 0 bridgehead atoms. The molecule has 0 aliphatic carbocycles. The maximum atomic E-state index is 3.18. The Bertz CT molecular complexity index is 330. The molecule has 56 valence electrons. The largest absolute Gasteiger partial charge is 0.360 e. The summed E-state index contributed by atoms with van der Waals surface area (Å²) in [6.07, 6.45) is 3.88. The number of H-pyrrole nitrogens is 2. The first-order valence-corrected chi connectivity index (χ1v) is 3.65. The standard InChI is InChI=1S/C9H10N2/c1-7-4-6-11-9(7)8-3-2-5-10-8/h2-6,10-11H,1H3. The summed E-state index contributed by atoms with van der Waals surface area (Å²) in [7, 11) is 0. The van der Waals surface area contributed by atoms with Gasteiger partial charge in [-0.2, -0.15) is 0 Å². The molecule has 0 fully saturated rings. The fraction of sp³-hybridized carbons (Fsp3) is 0.111. The van der Waals surface area contributed by atoms with E-state index >= 15 is 0 Å². The molecule has 0 spiro atoms. The van der Waals surface area contributed by atoms with Gasteiger partial charge in [-0.3, -0.25) is 0 Å². The van der Waals surface area contributed by atoms with Gasteiger partial charge in [-0.15, -0.1) is 0 Å². The van der Waals surface area contributed by atoms with E-state index in [1.54, 1.807) is 0 Å². The Morgan fingerprint density at radius 3 is 2.55 bits per heavy atom. The van der Waals surface area contributed by atoms with Crippen LogP contribution in [-0.4, -0.2) is 9.97 Å². The van der Waals surface area contributed by atoms with E-state index in [9.17, 15) is 0 Å². The summed E-state index contributed by atoms with van der Waals surface area (Å²) in [4.78, 5) is 6.33. The van der Waals surface area contributed by atoms with Crippen LogP contribution in [0.2, 0.25) is 0 Å². The highest BCUT2D eigenvalue weighted by atomic mass is 14.8. The molecule has 0 aromatic carbocycles. The van der Waals surface area contributed by atoms with E-state index < -0.39 is 0 Å². The van der Waals surface area contributed by atoms with Crippen LogP contribution in [0.5, 0.6) is 0 Å². The summed E-state index contributed by atoms with van der Waals surface area (Å²) in [6, 6.07) is 6.12. The van der Waals surface area contributed by atoms with E-state index in [-0.39, 0.29) is 0 Å². The third-order valence-corrected chi connectivity index (χ3v) is 1.82. The second kappa shape index (κ2) is 2.31. The molecule has 2 nitrogen and oxygen atoms in total. The normalized spacial score (nSPS) is 10.3. The quantitative estimate of drug-likeness (QED) is 0.618. The van der Waals surface area contributed by atoms with Crippen molar-refractivity contribution in [2.75, 3.05) is 0 Å². The lowest BCUT2D eigenvalue weighted by atomic mass is 10.2. The molecule has 0 aliphatic heterocycles. The van der Waals surface area contributed by atoms with E-state index in [4.69, 9.17) is 0 Å². The van der Waals surface area contributed by atoms with Gasteiger partial charge in [0.15, 0.2) is 0 Å². The summed E-state index contributed by atoms with van der Waals surface area (Å²) in [5.41, 5.74) is 3.59. The summed E-state index contributed by atoms with van der Waals surface area (Å²) >= 11 is 0. The van der Waals surface area contributed by atoms with Crippen LogP contribution in [0.25, 0.3) is 11.4 Å². The van der Waals surface area contributed by atoms with E-state index in [0.717, 1.165) is 5.69 Å². The zero-order chi connectivity index (χ0) is 7.68. The Kier molecular flexibility index (Phi) is 1.32. The van der Waals surface area contributed by atoms with Gasteiger partial charge in [-0.25, -0.2) is 0 Å². The number of aromatic amines is 2. The SMILES string of the molecule is Cc1cc[nH]c1-c1ccc[nH]1. The molecule has 11 heavy (non-hydrogen) atoms. The molecule has 2 N–H and O–H groups in total. The number of hydrogen-bond acceptors (Lipinski definition) is 0. The maximum absolute atomic E-state index is 3.18. The Morgan fingerprint density at radius 1 is 1.09 bits per heavy atom. The first-order valence-electron chi connectivity index (χ1n) is 3.65. The van der Waals surface area contributed by atoms with Gasteiger partial charge in [0.1, 0.15) is 0 Å². The Hall–Kier alpha value is -1.44. The molecular formula is C9H10N2. The highest BCUT2D eigenvalue weighted by Gasteiger charge is 2.00. The van der Waals surface area contributed by atoms with Crippen LogP contribution in [0.3, 0.4) is 0 Å². The Morgan fingerprint density at radius 2 is 2.00 bits per heavy atom. The van der Waals surface area contributed by atoms with Crippen LogP contribution >= 0.6 is 0 Å². The third kappa shape index (κ3) is 0.963. The molecule has 0 unspecified atom stereocenters. The van der Waals surface area contributed by atoms with Crippen LogP contribution in [0.15, 0.2) is 30.6 Å². The second-order valence-corrected chi connectivity index (χ2v) is 2.62. The van der Waals surface area contributed by atoms with Crippen LogP contribution in [0.1, 0.15) is 5.56 Å². The van der Waals surface area contributed by atoms with E-state index in [1.807, 2.05) is 18.5 Å². The molecule has 2 aromatic heterocycles. The van der Waals surface area contributed by atoms with Gasteiger partial charge in [0.05, 0.1) is 11.4 Å². The van der Waals surface area contributed by atoms with Crippen molar-refractivity contribution in [3.05, 3.63) is 36.2 Å². The molecule has 2 aromatic rings. The number of aromatic nitrogens is 2. The van der Waals surface area contributed by atoms with Gasteiger partial charge < -0.3 is 9.97 Å². The lowest BCUT2D eigenvalue weighted by molar-refractivity contribution is 1.31. The van der Waals surface area contributed by atoms with Gasteiger partial charge in [-0.05, 0) is 30.7 Å². The van der Waals surface area contributed by atoms with Crippen molar-refractivity contribution in [2.24, 2.45) is 0 Å². The van der Waals surface area contributed by atoms with Crippen molar-refractivity contribution in [1.82, 2.24) is 9.97 Å². The highest BCUT2D eigenvalue weighted by molar-refractivity contribution is 5.58. The molecule has 0 aliphatic rings. The average molecular weight is 146 g/mol. The summed E-state index contributed by atoms with van der Waals surface area (Å²) in [6.45, 7) is 2.09. The number of aryl methyl sites for hydroxylation is 1.